The third-order valence-electron chi connectivity index (χ3n) is 2.85. The van der Waals surface area contributed by atoms with E-state index >= 15 is 0 Å². The highest BCUT2D eigenvalue weighted by molar-refractivity contribution is 4.69. The normalized spacial score (nSPS) is 15.0. The van der Waals surface area contributed by atoms with Gasteiger partial charge in [-0.05, 0) is 30.6 Å². The quantitative estimate of drug-likeness (QED) is 0.672. The fourth-order valence-corrected chi connectivity index (χ4v) is 1.40. The Hall–Kier alpha value is -0.0400. The zero-order valence-electron chi connectivity index (χ0n) is 9.93. The van der Waals surface area contributed by atoms with Crippen molar-refractivity contribution in [2.24, 2.45) is 11.3 Å². The molecule has 0 aromatic carbocycles. The maximum atomic E-state index is 9.68. The number of hydrogen-bond acceptors (Lipinski definition) is 1. The number of aliphatic hydroxyl groups excluding tert-OH is 1. The Morgan fingerprint density at radius 3 is 2.15 bits per heavy atom. The van der Waals surface area contributed by atoms with Crippen molar-refractivity contribution in [2.75, 3.05) is 0 Å². The highest BCUT2D eigenvalue weighted by atomic mass is 16.3. The van der Waals surface area contributed by atoms with Crippen LogP contribution in [0.5, 0.6) is 0 Å². The minimum Gasteiger partial charge on any atom is -0.393 e. The summed E-state index contributed by atoms with van der Waals surface area (Å²) in [5.74, 6) is 0.611. The molecule has 0 aromatic rings. The Morgan fingerprint density at radius 1 is 1.23 bits per heavy atom. The van der Waals surface area contributed by atoms with Crippen LogP contribution in [0.2, 0.25) is 0 Å². The van der Waals surface area contributed by atoms with E-state index in [1.54, 1.807) is 0 Å². The summed E-state index contributed by atoms with van der Waals surface area (Å²) in [7, 11) is 0. The Kier molecular flexibility index (Phi) is 5.62. The summed E-state index contributed by atoms with van der Waals surface area (Å²) in [5.41, 5.74) is 0.401. The van der Waals surface area contributed by atoms with Crippen molar-refractivity contribution in [1.29, 1.82) is 0 Å². The smallest absolute Gasteiger partial charge is 0.0542 e. The molecule has 0 radical (unpaired) electrons. The molecular weight excluding hydrogens is 160 g/mol. The van der Waals surface area contributed by atoms with E-state index < -0.39 is 0 Å². The van der Waals surface area contributed by atoms with Gasteiger partial charge >= 0.3 is 0 Å². The van der Waals surface area contributed by atoms with Crippen LogP contribution in [0.4, 0.5) is 0 Å². The largest absolute Gasteiger partial charge is 0.393 e. The van der Waals surface area contributed by atoms with Gasteiger partial charge in [-0.15, -0.1) is 0 Å². The van der Waals surface area contributed by atoms with E-state index in [4.69, 9.17) is 0 Å². The van der Waals surface area contributed by atoms with E-state index in [0.29, 0.717) is 11.3 Å². The Morgan fingerprint density at radius 2 is 1.77 bits per heavy atom. The van der Waals surface area contributed by atoms with Crippen LogP contribution in [0.15, 0.2) is 0 Å². The van der Waals surface area contributed by atoms with Crippen LogP contribution < -0.4 is 0 Å². The number of aliphatic hydroxyl groups is 1. The lowest BCUT2D eigenvalue weighted by Gasteiger charge is -2.24. The van der Waals surface area contributed by atoms with Crippen LogP contribution in [0.1, 0.15) is 60.3 Å². The summed E-state index contributed by atoms with van der Waals surface area (Å²) in [6.07, 6.45) is 4.14. The van der Waals surface area contributed by atoms with Crippen LogP contribution in [-0.2, 0) is 0 Å². The van der Waals surface area contributed by atoms with Gasteiger partial charge in [-0.25, -0.2) is 0 Å². The average Bonchev–Trinajstić information content (AvgIpc) is 2.00. The van der Waals surface area contributed by atoms with Gasteiger partial charge in [0.1, 0.15) is 0 Å². The van der Waals surface area contributed by atoms with Crippen molar-refractivity contribution in [1.82, 2.24) is 0 Å². The van der Waals surface area contributed by atoms with Crippen molar-refractivity contribution in [3.05, 3.63) is 0 Å². The molecule has 0 bridgehead atoms. The van der Waals surface area contributed by atoms with E-state index in [1.807, 2.05) is 0 Å². The molecule has 0 fully saturated rings. The predicted octanol–water partition coefficient (Wildman–Crippen LogP) is 3.61. The molecule has 1 heteroatoms. The van der Waals surface area contributed by atoms with Crippen molar-refractivity contribution in [2.45, 2.75) is 66.4 Å². The molecule has 0 amide bonds. The highest BCUT2D eigenvalue weighted by Gasteiger charge is 2.17. The van der Waals surface area contributed by atoms with Crippen LogP contribution in [0.3, 0.4) is 0 Å². The fourth-order valence-electron chi connectivity index (χ4n) is 1.40. The second-order valence-electron chi connectivity index (χ2n) is 5.34. The lowest BCUT2D eigenvalue weighted by Crippen LogP contribution is -2.16. The molecule has 0 aromatic heterocycles. The third kappa shape index (κ3) is 7.06. The summed E-state index contributed by atoms with van der Waals surface area (Å²) >= 11 is 0. The molecule has 0 saturated heterocycles. The van der Waals surface area contributed by atoms with Gasteiger partial charge in [0.15, 0.2) is 0 Å². The summed E-state index contributed by atoms with van der Waals surface area (Å²) in [6, 6.07) is 0. The Labute approximate surface area is 83.5 Å². The third-order valence-corrected chi connectivity index (χ3v) is 2.85. The molecule has 1 atom stereocenters. The summed E-state index contributed by atoms with van der Waals surface area (Å²) < 4.78 is 0. The molecule has 0 heterocycles. The van der Waals surface area contributed by atoms with Gasteiger partial charge in [-0.2, -0.15) is 0 Å². The number of rotatable bonds is 6. The van der Waals surface area contributed by atoms with E-state index in [9.17, 15) is 5.11 Å². The van der Waals surface area contributed by atoms with E-state index in [0.717, 1.165) is 19.3 Å². The Bertz CT molecular complexity index is 127. The van der Waals surface area contributed by atoms with Crippen molar-refractivity contribution in [3.63, 3.8) is 0 Å². The molecule has 0 aliphatic carbocycles. The van der Waals surface area contributed by atoms with E-state index in [-0.39, 0.29) is 6.10 Å². The predicted molar refractivity (Wildman–Crippen MR) is 58.8 cm³/mol. The first-order valence-electron chi connectivity index (χ1n) is 5.55. The maximum Gasteiger partial charge on any atom is 0.0542 e. The van der Waals surface area contributed by atoms with Crippen molar-refractivity contribution >= 4 is 0 Å². The van der Waals surface area contributed by atoms with Gasteiger partial charge in [0, 0.05) is 0 Å². The molecule has 13 heavy (non-hydrogen) atoms. The lowest BCUT2D eigenvalue weighted by atomic mass is 9.83. The number of hydrogen-bond donors (Lipinski definition) is 1. The molecule has 0 saturated carbocycles. The van der Waals surface area contributed by atoms with Gasteiger partial charge in [-0.3, -0.25) is 0 Å². The van der Waals surface area contributed by atoms with Gasteiger partial charge in [0.2, 0.25) is 0 Å². The average molecular weight is 186 g/mol. The minimum absolute atomic E-state index is 0.0918. The maximum absolute atomic E-state index is 9.68. The summed E-state index contributed by atoms with van der Waals surface area (Å²) in [4.78, 5) is 0. The van der Waals surface area contributed by atoms with Crippen molar-refractivity contribution in [3.8, 4) is 0 Å². The molecule has 1 nitrogen and oxygen atoms in total. The first-order chi connectivity index (χ1) is 5.87. The minimum atomic E-state index is -0.0918. The van der Waals surface area contributed by atoms with Gasteiger partial charge < -0.3 is 5.11 Å². The standard InChI is InChI=1S/C12H26O/c1-6-12(4,5)8-7-11(13)9-10(2)3/h10-11,13H,6-9H2,1-5H3. The van der Waals surface area contributed by atoms with E-state index in [1.165, 1.54) is 6.42 Å². The second-order valence-corrected chi connectivity index (χ2v) is 5.34. The first kappa shape index (κ1) is 13.0. The molecular formula is C12H26O. The van der Waals surface area contributed by atoms with Gasteiger partial charge in [-0.1, -0.05) is 41.0 Å². The topological polar surface area (TPSA) is 20.2 Å². The van der Waals surface area contributed by atoms with Gasteiger partial charge in [0.05, 0.1) is 6.10 Å². The molecule has 1 unspecified atom stereocenters. The van der Waals surface area contributed by atoms with Crippen LogP contribution in [0.25, 0.3) is 0 Å². The zero-order valence-corrected chi connectivity index (χ0v) is 9.93. The van der Waals surface area contributed by atoms with Gasteiger partial charge in [0.25, 0.3) is 0 Å². The first-order valence-corrected chi connectivity index (χ1v) is 5.55. The molecule has 0 rings (SSSR count). The molecule has 0 aliphatic heterocycles. The van der Waals surface area contributed by atoms with Crippen LogP contribution >= 0.6 is 0 Å². The second kappa shape index (κ2) is 5.64. The van der Waals surface area contributed by atoms with Crippen molar-refractivity contribution < 1.29 is 5.11 Å². The lowest BCUT2D eigenvalue weighted by molar-refractivity contribution is 0.120. The van der Waals surface area contributed by atoms with Crippen LogP contribution in [0, 0.1) is 11.3 Å². The zero-order chi connectivity index (χ0) is 10.5. The fraction of sp³-hybridized carbons (Fsp3) is 1.00. The molecule has 1 N–H and O–H groups in total. The molecule has 80 valence electrons. The monoisotopic (exact) mass is 186 g/mol. The SMILES string of the molecule is CCC(C)(C)CCC(O)CC(C)C. The summed E-state index contributed by atoms with van der Waals surface area (Å²) in [5, 5.41) is 9.68. The molecule has 0 spiro atoms. The highest BCUT2D eigenvalue weighted by Crippen LogP contribution is 2.27. The molecule has 0 aliphatic rings. The van der Waals surface area contributed by atoms with E-state index in [2.05, 4.69) is 34.6 Å². The Balaban J connectivity index is 3.63. The van der Waals surface area contributed by atoms with Crippen LogP contribution in [-0.4, -0.2) is 11.2 Å². The summed E-state index contributed by atoms with van der Waals surface area (Å²) in [6.45, 7) is 11.1.